The average Bonchev–Trinajstić information content (AvgIpc) is 3.51. The summed E-state index contributed by atoms with van der Waals surface area (Å²) in [7, 11) is 1.54. The number of nitrogens with one attached hydrogen (secondary N) is 2. The van der Waals surface area contributed by atoms with Crippen molar-refractivity contribution in [3.05, 3.63) is 57.2 Å². The lowest BCUT2D eigenvalue weighted by molar-refractivity contribution is -0.117. The van der Waals surface area contributed by atoms with Gasteiger partial charge in [0.25, 0.3) is 5.91 Å². The van der Waals surface area contributed by atoms with E-state index in [1.807, 2.05) is 6.07 Å². The van der Waals surface area contributed by atoms with Crippen LogP contribution in [0.25, 0.3) is 0 Å². The number of carbonyl (C=O) groups excluding carboxylic acids is 2. The lowest BCUT2D eigenvalue weighted by Crippen LogP contribution is -2.37. The van der Waals surface area contributed by atoms with Crippen LogP contribution in [-0.2, 0) is 11.3 Å². The smallest absolute Gasteiger partial charge is 0.255 e. The van der Waals surface area contributed by atoms with Crippen LogP contribution in [0.4, 0.5) is 5.69 Å². The number of hydrogen-bond acceptors (Lipinski definition) is 4. The van der Waals surface area contributed by atoms with E-state index in [9.17, 15) is 9.59 Å². The Morgan fingerprint density at radius 2 is 1.93 bits per heavy atom. The van der Waals surface area contributed by atoms with Gasteiger partial charge in [0.05, 0.1) is 18.4 Å². The fourth-order valence-corrected chi connectivity index (χ4v) is 4.38. The largest absolute Gasteiger partial charge is 0.496 e. The third-order valence-corrected chi connectivity index (χ3v) is 6.49. The number of methoxy groups -OCH3 is 1. The van der Waals surface area contributed by atoms with Crippen LogP contribution in [0.3, 0.4) is 0 Å². The van der Waals surface area contributed by atoms with Gasteiger partial charge < -0.3 is 15.4 Å². The zero-order chi connectivity index (χ0) is 21.1. The summed E-state index contributed by atoms with van der Waals surface area (Å²) in [6.45, 7) is 2.68. The third kappa shape index (κ3) is 5.13. The quantitative estimate of drug-likeness (QED) is 0.553. The van der Waals surface area contributed by atoms with Crippen LogP contribution in [-0.4, -0.2) is 43.0 Å². The number of rotatable bonds is 7. The molecule has 2 amide bonds. The van der Waals surface area contributed by atoms with E-state index in [4.69, 9.17) is 4.74 Å². The first-order valence-electron chi connectivity index (χ1n) is 10.3. The maximum Gasteiger partial charge on any atom is 0.255 e. The van der Waals surface area contributed by atoms with Gasteiger partial charge in [-0.05, 0) is 53.5 Å². The molecule has 7 heteroatoms. The molecule has 6 nitrogen and oxygen atoms in total. The summed E-state index contributed by atoms with van der Waals surface area (Å²) in [5, 5.41) is 6.10. The molecular formula is C23H26IN3O3. The predicted molar refractivity (Wildman–Crippen MR) is 125 cm³/mol. The lowest BCUT2D eigenvalue weighted by Gasteiger charge is -2.18. The highest BCUT2D eigenvalue weighted by atomic mass is 123. The van der Waals surface area contributed by atoms with Crippen molar-refractivity contribution < 1.29 is 14.3 Å². The first-order valence-corrected chi connectivity index (χ1v) is 11.4. The number of likely N-dealkylation sites (tertiary alicyclic amines) is 1. The van der Waals surface area contributed by atoms with E-state index in [1.165, 1.54) is 5.56 Å². The van der Waals surface area contributed by atoms with Crippen LogP contribution in [0.2, 0.25) is 0 Å². The van der Waals surface area contributed by atoms with Crippen LogP contribution in [0.15, 0.2) is 42.5 Å². The molecule has 0 bridgehead atoms. The number of halogens is 1. The summed E-state index contributed by atoms with van der Waals surface area (Å²) < 4.78 is 6.28. The Kier molecular flexibility index (Phi) is 6.58. The van der Waals surface area contributed by atoms with Gasteiger partial charge in [-0.3, -0.25) is 14.5 Å². The fraction of sp³-hybridized carbons (Fsp3) is 0.391. The van der Waals surface area contributed by atoms with Crippen molar-refractivity contribution in [2.45, 2.75) is 31.8 Å². The van der Waals surface area contributed by atoms with Gasteiger partial charge in [-0.2, -0.15) is 0 Å². The van der Waals surface area contributed by atoms with Gasteiger partial charge in [0, 0.05) is 41.2 Å². The van der Waals surface area contributed by atoms with Gasteiger partial charge in [-0.1, -0.05) is 30.3 Å². The number of hydrogen-bond donors (Lipinski definition) is 2. The molecule has 2 aromatic rings. The number of carbonyl (C=O) groups is 2. The zero-order valence-corrected chi connectivity index (χ0v) is 19.1. The normalized spacial score (nSPS) is 18.8. The zero-order valence-electron chi connectivity index (χ0n) is 17.0. The van der Waals surface area contributed by atoms with Crippen LogP contribution < -0.4 is 15.4 Å². The monoisotopic (exact) mass is 515 g/mol. The lowest BCUT2D eigenvalue weighted by atomic mass is 10.1. The molecule has 1 unspecified atom stereocenters. The van der Waals surface area contributed by atoms with Crippen molar-refractivity contribution in [1.29, 1.82) is 0 Å². The third-order valence-electron chi connectivity index (χ3n) is 5.60. The van der Waals surface area contributed by atoms with Gasteiger partial charge >= 0.3 is 0 Å². The Bertz CT molecular complexity index is 931. The average molecular weight is 515 g/mol. The highest BCUT2D eigenvalue weighted by molar-refractivity contribution is 14.1. The molecule has 1 aliphatic heterocycles. The second-order valence-electron chi connectivity index (χ2n) is 7.98. The molecule has 1 atom stereocenters. The van der Waals surface area contributed by atoms with Gasteiger partial charge in [0.1, 0.15) is 5.75 Å². The van der Waals surface area contributed by atoms with Crippen molar-refractivity contribution in [2.75, 3.05) is 25.5 Å². The first kappa shape index (κ1) is 21.1. The first-order chi connectivity index (χ1) is 14.5. The molecule has 1 heterocycles. The van der Waals surface area contributed by atoms with Gasteiger partial charge in [-0.15, -0.1) is 0 Å². The van der Waals surface area contributed by atoms with E-state index in [0.717, 1.165) is 42.5 Å². The van der Waals surface area contributed by atoms with Crippen LogP contribution in [0.5, 0.6) is 5.75 Å². The standard InChI is InChI=1S/C23H26IN3O3/c1-30-21-12-20(26-22(28)16-7-8-16)19(24)11-18(21)23(29)25-17-9-10-27(14-17)13-15-5-3-2-4-6-15/h2-6,11-12,16-17H,7-10,13-14H2,1H3,(H,25,29)(H,26,28)/i24-4. The summed E-state index contributed by atoms with van der Waals surface area (Å²) >= 11 is 2.15. The van der Waals surface area contributed by atoms with E-state index < -0.39 is 0 Å². The Morgan fingerprint density at radius 3 is 2.63 bits per heavy atom. The number of amides is 2. The van der Waals surface area contributed by atoms with Crippen molar-refractivity contribution >= 4 is 40.1 Å². The number of anilines is 1. The van der Waals surface area contributed by atoms with E-state index in [-0.39, 0.29) is 23.8 Å². The molecule has 1 saturated heterocycles. The van der Waals surface area contributed by atoms with E-state index >= 15 is 0 Å². The molecular weight excluding hydrogens is 489 g/mol. The number of ether oxygens (including phenoxy) is 1. The summed E-state index contributed by atoms with van der Waals surface area (Å²) in [6, 6.07) is 14.0. The maximum atomic E-state index is 12.9. The minimum absolute atomic E-state index is 0.0385. The SMILES string of the molecule is COc1cc(NC(=O)C2CC2)c([123I])cc1C(=O)NC1CCN(Cc2ccccc2)C1. The highest BCUT2D eigenvalue weighted by Gasteiger charge is 2.30. The van der Waals surface area contributed by atoms with E-state index in [1.54, 1.807) is 19.2 Å². The molecule has 2 aromatic carbocycles. The highest BCUT2D eigenvalue weighted by Crippen LogP contribution is 2.33. The second kappa shape index (κ2) is 9.34. The summed E-state index contributed by atoms with van der Waals surface area (Å²) in [5.41, 5.74) is 2.47. The maximum absolute atomic E-state index is 12.9. The minimum atomic E-state index is -0.142. The molecule has 2 N–H and O–H groups in total. The Labute approximate surface area is 190 Å². The van der Waals surface area contributed by atoms with Crippen LogP contribution in [0, 0.1) is 9.49 Å². The van der Waals surface area contributed by atoms with Crippen molar-refractivity contribution in [1.82, 2.24) is 10.2 Å². The molecule has 2 fully saturated rings. The molecule has 2 aliphatic rings. The molecule has 1 saturated carbocycles. The Hall–Kier alpha value is -2.13. The summed E-state index contributed by atoms with van der Waals surface area (Å²) in [6.07, 6.45) is 2.82. The van der Waals surface area contributed by atoms with E-state index in [0.29, 0.717) is 17.0 Å². The second-order valence-corrected chi connectivity index (χ2v) is 9.14. The molecule has 0 aromatic heterocycles. The van der Waals surface area contributed by atoms with Gasteiger partial charge in [-0.25, -0.2) is 0 Å². The Balaban J connectivity index is 1.39. The van der Waals surface area contributed by atoms with Crippen LogP contribution >= 0.6 is 22.6 Å². The summed E-state index contributed by atoms with van der Waals surface area (Å²) in [5.74, 6) is 0.488. The Morgan fingerprint density at radius 1 is 1.17 bits per heavy atom. The number of benzene rings is 2. The molecule has 30 heavy (non-hydrogen) atoms. The van der Waals surface area contributed by atoms with Crippen molar-refractivity contribution in [2.24, 2.45) is 5.92 Å². The van der Waals surface area contributed by atoms with Crippen molar-refractivity contribution in [3.8, 4) is 5.75 Å². The van der Waals surface area contributed by atoms with Gasteiger partial charge in [0.15, 0.2) is 0 Å². The summed E-state index contributed by atoms with van der Waals surface area (Å²) in [4.78, 5) is 27.4. The van der Waals surface area contributed by atoms with Crippen LogP contribution in [0.1, 0.15) is 35.2 Å². The molecule has 4 rings (SSSR count). The fourth-order valence-electron chi connectivity index (χ4n) is 3.77. The molecule has 0 spiro atoms. The minimum Gasteiger partial charge on any atom is -0.496 e. The van der Waals surface area contributed by atoms with E-state index in [2.05, 4.69) is 62.4 Å². The van der Waals surface area contributed by atoms with Crippen molar-refractivity contribution in [3.63, 3.8) is 0 Å². The topological polar surface area (TPSA) is 70.7 Å². The molecule has 158 valence electrons. The predicted octanol–water partition coefficient (Wildman–Crippen LogP) is 3.65. The molecule has 0 radical (unpaired) electrons. The number of nitrogens with zero attached hydrogens (tertiary/aromatic N) is 1. The van der Waals surface area contributed by atoms with Gasteiger partial charge in [0.2, 0.25) is 5.91 Å². The molecule has 1 aliphatic carbocycles.